The van der Waals surface area contributed by atoms with E-state index < -0.39 is 17.8 Å². The molecule has 0 bridgehead atoms. The normalized spacial score (nSPS) is 12.1. The number of nitrogens with one attached hydrogen (secondary N) is 1. The summed E-state index contributed by atoms with van der Waals surface area (Å²) in [6, 6.07) is 21.2. The van der Waals surface area contributed by atoms with Crippen LogP contribution >= 0.6 is 0 Å². The van der Waals surface area contributed by atoms with Crippen molar-refractivity contribution in [2.45, 2.75) is 39.2 Å². The van der Waals surface area contributed by atoms with Crippen molar-refractivity contribution < 1.29 is 28.2 Å². The number of aromatic nitrogens is 1. The van der Waals surface area contributed by atoms with Crippen LogP contribution in [0.4, 0.5) is 4.39 Å². The van der Waals surface area contributed by atoms with Crippen molar-refractivity contribution in [2.75, 3.05) is 6.61 Å². The Morgan fingerprint density at radius 1 is 1.05 bits per heavy atom. The molecular weight excluding hydrogens is 511 g/mol. The van der Waals surface area contributed by atoms with Gasteiger partial charge in [0.25, 0.3) is 0 Å². The number of hydrogen-bond donors (Lipinski definition) is 2. The molecule has 0 radical (unpaired) electrons. The number of hydrogen-bond acceptors (Lipinski definition) is 6. The van der Waals surface area contributed by atoms with Crippen molar-refractivity contribution in [3.63, 3.8) is 0 Å². The molecule has 4 aromatic rings. The summed E-state index contributed by atoms with van der Waals surface area (Å²) >= 11 is 0. The number of rotatable bonds is 13. The number of ketones is 1. The molecule has 0 fully saturated rings. The van der Waals surface area contributed by atoms with E-state index in [1.165, 1.54) is 30.3 Å². The first-order valence-electron chi connectivity index (χ1n) is 13.1. The van der Waals surface area contributed by atoms with E-state index in [1.807, 2.05) is 56.3 Å². The van der Waals surface area contributed by atoms with Gasteiger partial charge in [0.15, 0.2) is 5.78 Å². The molecule has 0 aliphatic rings. The Morgan fingerprint density at radius 2 is 1.75 bits per heavy atom. The van der Waals surface area contributed by atoms with Crippen LogP contribution in [0.15, 0.2) is 95.1 Å². The van der Waals surface area contributed by atoms with E-state index >= 15 is 0 Å². The Balaban J connectivity index is 1.32. The summed E-state index contributed by atoms with van der Waals surface area (Å²) in [5, 5.41) is 12.8. The molecule has 0 amide bonds. The highest BCUT2D eigenvalue weighted by molar-refractivity contribution is 6.04. The van der Waals surface area contributed by atoms with Crippen LogP contribution in [0.1, 0.15) is 40.7 Å². The molecule has 1 heterocycles. The lowest BCUT2D eigenvalue weighted by Gasteiger charge is -2.18. The second kappa shape index (κ2) is 13.4. The fraction of sp³-hybridized carbons (Fsp3) is 0.219. The third-order valence-corrected chi connectivity index (χ3v) is 6.36. The molecule has 206 valence electrons. The van der Waals surface area contributed by atoms with Gasteiger partial charge in [-0.25, -0.2) is 14.2 Å². The minimum atomic E-state index is -1.04. The second-order valence-corrected chi connectivity index (χ2v) is 9.26. The van der Waals surface area contributed by atoms with Gasteiger partial charge in [-0.05, 0) is 67.4 Å². The van der Waals surface area contributed by atoms with Crippen LogP contribution in [0.2, 0.25) is 0 Å². The van der Waals surface area contributed by atoms with E-state index in [0.29, 0.717) is 42.3 Å². The maximum absolute atomic E-state index is 13.2. The molecule has 4 rings (SSSR count). The number of carboxylic acid groups (broad SMARTS) is 1. The first-order chi connectivity index (χ1) is 19.3. The van der Waals surface area contributed by atoms with Crippen molar-refractivity contribution in [3.8, 4) is 17.2 Å². The van der Waals surface area contributed by atoms with Crippen LogP contribution in [0.25, 0.3) is 11.5 Å². The molecule has 1 aromatic heterocycles. The average Bonchev–Trinajstić information content (AvgIpc) is 3.33. The van der Waals surface area contributed by atoms with Gasteiger partial charge in [0.1, 0.15) is 23.4 Å². The molecule has 0 saturated carbocycles. The van der Waals surface area contributed by atoms with Crippen LogP contribution in [-0.2, 0) is 17.6 Å². The topological polar surface area (TPSA) is 102 Å². The maximum Gasteiger partial charge on any atom is 0.326 e. The molecular formula is C32H31FN2O5. The lowest BCUT2D eigenvalue weighted by atomic mass is 10.0. The van der Waals surface area contributed by atoms with Gasteiger partial charge in [0.05, 0.1) is 12.3 Å². The Morgan fingerprint density at radius 3 is 2.40 bits per heavy atom. The van der Waals surface area contributed by atoms with Crippen molar-refractivity contribution in [1.29, 1.82) is 0 Å². The van der Waals surface area contributed by atoms with E-state index in [-0.39, 0.29) is 12.2 Å². The molecule has 0 aliphatic carbocycles. The summed E-state index contributed by atoms with van der Waals surface area (Å²) in [6.07, 6.45) is 2.58. The van der Waals surface area contributed by atoms with Gasteiger partial charge < -0.3 is 19.6 Å². The number of carbonyl (C=O) groups excluding carboxylic acids is 1. The number of halogens is 1. The Labute approximate surface area is 232 Å². The number of allylic oxidation sites excluding steroid dienone is 2. The number of carboxylic acids is 1. The summed E-state index contributed by atoms with van der Waals surface area (Å²) in [7, 11) is 0. The van der Waals surface area contributed by atoms with Gasteiger partial charge >= 0.3 is 5.97 Å². The molecule has 40 heavy (non-hydrogen) atoms. The van der Waals surface area contributed by atoms with E-state index in [4.69, 9.17) is 9.15 Å². The van der Waals surface area contributed by atoms with E-state index in [9.17, 15) is 19.1 Å². The van der Waals surface area contributed by atoms with Gasteiger partial charge in [-0.1, -0.05) is 37.3 Å². The van der Waals surface area contributed by atoms with Crippen molar-refractivity contribution in [2.24, 2.45) is 0 Å². The number of aliphatic carboxylic acids is 1. The quantitative estimate of drug-likeness (QED) is 0.154. The van der Waals surface area contributed by atoms with Gasteiger partial charge in [-0.2, -0.15) is 0 Å². The number of oxazole rings is 1. The highest BCUT2D eigenvalue weighted by atomic mass is 19.1. The highest BCUT2D eigenvalue weighted by Crippen LogP contribution is 2.22. The number of nitrogens with zero attached hydrogens (tertiary/aromatic N) is 1. The lowest BCUT2D eigenvalue weighted by Crippen LogP contribution is -2.38. The predicted octanol–water partition coefficient (Wildman–Crippen LogP) is 6.17. The third kappa shape index (κ3) is 7.66. The van der Waals surface area contributed by atoms with Crippen LogP contribution in [0.3, 0.4) is 0 Å². The molecule has 0 saturated heterocycles. The largest absolute Gasteiger partial charge is 0.493 e. The molecule has 2 N–H and O–H groups in total. The Hall–Kier alpha value is -4.72. The molecule has 1 atom stereocenters. The number of carbonyl (C=O) groups is 2. The Bertz CT molecular complexity index is 1460. The van der Waals surface area contributed by atoms with Crippen molar-refractivity contribution in [1.82, 2.24) is 10.3 Å². The summed E-state index contributed by atoms with van der Waals surface area (Å²) in [6.45, 7) is 4.12. The zero-order valence-corrected chi connectivity index (χ0v) is 22.4. The highest BCUT2D eigenvalue weighted by Gasteiger charge is 2.19. The monoisotopic (exact) mass is 542 g/mol. The van der Waals surface area contributed by atoms with Crippen molar-refractivity contribution in [3.05, 3.63) is 119 Å². The molecule has 0 unspecified atom stereocenters. The lowest BCUT2D eigenvalue weighted by molar-refractivity contribution is -0.139. The second-order valence-electron chi connectivity index (χ2n) is 9.26. The zero-order chi connectivity index (χ0) is 28.5. The number of ether oxygens (including phenoxy) is 1. The van der Waals surface area contributed by atoms with Crippen LogP contribution in [0, 0.1) is 12.7 Å². The first-order valence-corrected chi connectivity index (χ1v) is 13.1. The summed E-state index contributed by atoms with van der Waals surface area (Å²) in [5.41, 5.74) is 3.37. The smallest absolute Gasteiger partial charge is 0.326 e. The SMILES string of the molecule is CCC(=CC(=O)c1ccc(F)cc1)N[C@@H](Cc1ccc(OCCc2nc(-c3ccccc3)oc2C)cc1)C(=O)O. The number of aryl methyl sites for hydroxylation is 1. The van der Waals surface area contributed by atoms with E-state index in [0.717, 1.165) is 22.6 Å². The minimum Gasteiger partial charge on any atom is -0.493 e. The molecule has 3 aromatic carbocycles. The minimum absolute atomic E-state index is 0.206. The summed E-state index contributed by atoms with van der Waals surface area (Å²) in [4.78, 5) is 29.1. The fourth-order valence-corrected chi connectivity index (χ4v) is 4.11. The van der Waals surface area contributed by atoms with Gasteiger partial charge in [0.2, 0.25) is 5.89 Å². The van der Waals surface area contributed by atoms with Gasteiger partial charge in [-0.3, -0.25) is 4.79 Å². The molecule has 0 spiro atoms. The first kappa shape index (κ1) is 28.3. The molecule has 7 nitrogen and oxygen atoms in total. The van der Waals surface area contributed by atoms with Gasteiger partial charge in [-0.15, -0.1) is 0 Å². The standard InChI is InChI=1S/C32H31FN2O5/c1-3-26(20-30(36)23-11-13-25(33)14-12-23)34-29(32(37)38)19-22-9-15-27(16-10-22)39-18-17-28-21(2)40-31(35-28)24-7-5-4-6-8-24/h4-16,20,29,34H,3,17-19H2,1-2H3,(H,37,38)/t29-/m0/s1. The van der Waals surface area contributed by atoms with Crippen LogP contribution < -0.4 is 10.1 Å². The molecule has 0 aliphatic heterocycles. The summed E-state index contributed by atoms with van der Waals surface area (Å²) < 4.78 is 24.8. The van der Waals surface area contributed by atoms with E-state index in [1.54, 1.807) is 12.1 Å². The van der Waals surface area contributed by atoms with Crippen molar-refractivity contribution >= 4 is 11.8 Å². The van der Waals surface area contributed by atoms with E-state index in [2.05, 4.69) is 10.3 Å². The predicted molar refractivity (Wildman–Crippen MR) is 150 cm³/mol. The zero-order valence-electron chi connectivity index (χ0n) is 22.4. The summed E-state index contributed by atoms with van der Waals surface area (Å²) in [5.74, 6) is 0.204. The maximum atomic E-state index is 13.2. The van der Waals surface area contributed by atoms with Crippen LogP contribution in [-0.4, -0.2) is 34.5 Å². The fourth-order valence-electron chi connectivity index (χ4n) is 4.11. The number of benzene rings is 3. The third-order valence-electron chi connectivity index (χ3n) is 6.36. The molecule has 8 heteroatoms. The Kier molecular flexibility index (Phi) is 9.46. The average molecular weight is 543 g/mol. The van der Waals surface area contributed by atoms with Gasteiger partial charge in [0, 0.05) is 35.7 Å². The van der Waals surface area contributed by atoms with Crippen LogP contribution in [0.5, 0.6) is 5.75 Å².